The Morgan fingerprint density at radius 2 is 0.933 bits per heavy atom. The van der Waals surface area contributed by atoms with Gasteiger partial charge in [0.15, 0.2) is 30.2 Å². The zero-order valence-electron chi connectivity index (χ0n) is 17.6. The standard InChI is InChI=1S/C20H28O10/c1-10(21)25-14-15(26-11(2)22)17(28-13(4)24)19-18(16(14)27-12(3)23)29-20(30-19)8-6-5-7-9-20/h14-19H,5-9H2,1-4H3/t14-,15?,16?,17?,18?,19+/m1/s1. The van der Waals surface area contributed by atoms with Crippen LogP contribution in [0.4, 0.5) is 0 Å². The molecule has 1 spiro atoms. The third kappa shape index (κ3) is 4.75. The van der Waals surface area contributed by atoms with E-state index in [9.17, 15) is 19.2 Å². The highest BCUT2D eigenvalue weighted by molar-refractivity contribution is 5.69. The molecule has 30 heavy (non-hydrogen) atoms. The van der Waals surface area contributed by atoms with E-state index in [0.29, 0.717) is 12.8 Å². The zero-order chi connectivity index (χ0) is 22.1. The first-order valence-electron chi connectivity index (χ1n) is 10.2. The summed E-state index contributed by atoms with van der Waals surface area (Å²) in [6.45, 7) is 4.78. The van der Waals surface area contributed by atoms with Crippen molar-refractivity contribution in [2.24, 2.45) is 0 Å². The van der Waals surface area contributed by atoms with Crippen molar-refractivity contribution in [3.63, 3.8) is 0 Å². The predicted octanol–water partition coefficient (Wildman–Crippen LogP) is 1.17. The van der Waals surface area contributed by atoms with Gasteiger partial charge in [-0.2, -0.15) is 0 Å². The largest absolute Gasteiger partial charge is 0.456 e. The van der Waals surface area contributed by atoms with E-state index in [1.165, 1.54) is 27.7 Å². The monoisotopic (exact) mass is 428 g/mol. The van der Waals surface area contributed by atoms with Crippen LogP contribution < -0.4 is 0 Å². The SMILES string of the molecule is CC(=O)OC1C(OC(C)=O)[C@@H]2OC3(CCCCC3)OC2C(OC(C)=O)[C@@H]1OC(C)=O. The van der Waals surface area contributed by atoms with E-state index >= 15 is 0 Å². The summed E-state index contributed by atoms with van der Waals surface area (Å²) in [5, 5.41) is 0. The summed E-state index contributed by atoms with van der Waals surface area (Å²) in [5.74, 6) is -3.54. The van der Waals surface area contributed by atoms with Gasteiger partial charge < -0.3 is 28.4 Å². The first-order valence-corrected chi connectivity index (χ1v) is 10.2. The molecule has 0 aromatic carbocycles. The van der Waals surface area contributed by atoms with Crippen molar-refractivity contribution < 1.29 is 47.6 Å². The van der Waals surface area contributed by atoms with E-state index < -0.39 is 66.3 Å². The summed E-state index contributed by atoms with van der Waals surface area (Å²) in [6, 6.07) is 0. The van der Waals surface area contributed by atoms with E-state index in [4.69, 9.17) is 28.4 Å². The molecular formula is C20H28O10. The molecule has 3 fully saturated rings. The van der Waals surface area contributed by atoms with Crippen LogP contribution in [0.15, 0.2) is 0 Å². The van der Waals surface area contributed by atoms with Crippen molar-refractivity contribution in [2.45, 2.75) is 102 Å². The molecule has 1 aliphatic heterocycles. The van der Waals surface area contributed by atoms with Gasteiger partial charge in [-0.15, -0.1) is 0 Å². The molecule has 2 saturated carbocycles. The van der Waals surface area contributed by atoms with Gasteiger partial charge in [0.2, 0.25) is 0 Å². The molecule has 0 aromatic heterocycles. The van der Waals surface area contributed by atoms with Crippen LogP contribution in [0.5, 0.6) is 0 Å². The molecule has 1 saturated heterocycles. The van der Waals surface area contributed by atoms with E-state index in [1.807, 2.05) is 0 Å². The number of carbonyl (C=O) groups excluding carboxylic acids is 4. The number of fused-ring (bicyclic) bond motifs is 1. The summed E-state index contributed by atoms with van der Waals surface area (Å²) in [5.41, 5.74) is 0. The number of carbonyl (C=O) groups is 4. The van der Waals surface area contributed by atoms with Gasteiger partial charge in [0.25, 0.3) is 0 Å². The van der Waals surface area contributed by atoms with Crippen LogP contribution in [0.2, 0.25) is 0 Å². The Morgan fingerprint density at radius 3 is 1.27 bits per heavy atom. The molecule has 6 atom stereocenters. The van der Waals surface area contributed by atoms with E-state index in [0.717, 1.165) is 19.3 Å². The normalized spacial score (nSPS) is 34.5. The maximum Gasteiger partial charge on any atom is 0.303 e. The van der Waals surface area contributed by atoms with Crippen molar-refractivity contribution in [3.05, 3.63) is 0 Å². The topological polar surface area (TPSA) is 124 Å². The van der Waals surface area contributed by atoms with Crippen LogP contribution in [-0.2, 0) is 47.6 Å². The predicted molar refractivity (Wildman–Crippen MR) is 97.8 cm³/mol. The van der Waals surface area contributed by atoms with Gasteiger partial charge in [0.05, 0.1) is 0 Å². The van der Waals surface area contributed by atoms with Crippen molar-refractivity contribution >= 4 is 23.9 Å². The Balaban J connectivity index is 2.04. The molecule has 4 unspecified atom stereocenters. The fourth-order valence-corrected chi connectivity index (χ4v) is 4.54. The lowest BCUT2D eigenvalue weighted by Gasteiger charge is -2.44. The van der Waals surface area contributed by atoms with Crippen molar-refractivity contribution in [3.8, 4) is 0 Å². The molecule has 0 aromatic rings. The van der Waals surface area contributed by atoms with Gasteiger partial charge in [-0.05, 0) is 12.8 Å². The van der Waals surface area contributed by atoms with E-state index in [2.05, 4.69) is 0 Å². The Labute approximate surface area is 174 Å². The fraction of sp³-hybridized carbons (Fsp3) is 0.800. The lowest BCUT2D eigenvalue weighted by atomic mass is 9.84. The quantitative estimate of drug-likeness (QED) is 0.476. The molecule has 0 N–H and O–H groups in total. The molecule has 1 heterocycles. The van der Waals surface area contributed by atoms with Gasteiger partial charge in [0, 0.05) is 40.5 Å². The molecule has 10 heteroatoms. The van der Waals surface area contributed by atoms with Crippen molar-refractivity contribution in [2.75, 3.05) is 0 Å². The Morgan fingerprint density at radius 1 is 0.600 bits per heavy atom. The van der Waals surface area contributed by atoms with Gasteiger partial charge in [-0.25, -0.2) is 0 Å². The molecule has 3 rings (SSSR count). The molecule has 168 valence electrons. The highest BCUT2D eigenvalue weighted by Crippen LogP contribution is 2.47. The second kappa shape index (κ2) is 8.89. The molecule has 2 aliphatic carbocycles. The smallest absolute Gasteiger partial charge is 0.303 e. The number of hydrogen-bond donors (Lipinski definition) is 0. The molecule has 10 nitrogen and oxygen atoms in total. The third-order valence-electron chi connectivity index (χ3n) is 5.47. The molecule has 0 bridgehead atoms. The minimum absolute atomic E-state index is 0.621. The maximum absolute atomic E-state index is 11.8. The highest BCUT2D eigenvalue weighted by Gasteiger charge is 2.65. The lowest BCUT2D eigenvalue weighted by molar-refractivity contribution is -0.234. The maximum atomic E-state index is 11.8. The Kier molecular flexibility index (Phi) is 6.66. The van der Waals surface area contributed by atoms with Crippen LogP contribution in [0.25, 0.3) is 0 Å². The number of esters is 4. The van der Waals surface area contributed by atoms with Crippen LogP contribution in [0.1, 0.15) is 59.8 Å². The number of rotatable bonds is 4. The van der Waals surface area contributed by atoms with Gasteiger partial charge in [-0.1, -0.05) is 6.42 Å². The highest BCUT2D eigenvalue weighted by atomic mass is 16.8. The van der Waals surface area contributed by atoms with Crippen LogP contribution >= 0.6 is 0 Å². The average molecular weight is 428 g/mol. The molecule has 3 aliphatic rings. The first kappa shape index (κ1) is 22.5. The molecular weight excluding hydrogens is 400 g/mol. The van der Waals surface area contributed by atoms with Crippen molar-refractivity contribution in [1.82, 2.24) is 0 Å². The summed E-state index contributed by atoms with van der Waals surface area (Å²) < 4.78 is 34.2. The number of hydrogen-bond acceptors (Lipinski definition) is 10. The lowest BCUT2D eigenvalue weighted by Crippen LogP contribution is -2.66. The van der Waals surface area contributed by atoms with Crippen LogP contribution in [0.3, 0.4) is 0 Å². The first-order chi connectivity index (χ1) is 14.1. The van der Waals surface area contributed by atoms with Crippen molar-refractivity contribution in [1.29, 1.82) is 0 Å². The minimum atomic E-state index is -1.23. The Bertz CT molecular complexity index is 646. The van der Waals surface area contributed by atoms with Crippen LogP contribution in [0, 0.1) is 0 Å². The van der Waals surface area contributed by atoms with E-state index in [-0.39, 0.29) is 0 Å². The van der Waals surface area contributed by atoms with Gasteiger partial charge in [-0.3, -0.25) is 19.2 Å². The van der Waals surface area contributed by atoms with Crippen LogP contribution in [-0.4, -0.2) is 66.3 Å². The fourth-order valence-electron chi connectivity index (χ4n) is 4.54. The zero-order valence-corrected chi connectivity index (χ0v) is 17.6. The molecule has 0 radical (unpaired) electrons. The minimum Gasteiger partial charge on any atom is -0.456 e. The van der Waals surface area contributed by atoms with Gasteiger partial charge >= 0.3 is 23.9 Å². The summed E-state index contributed by atoms with van der Waals surface area (Å²) in [7, 11) is 0. The summed E-state index contributed by atoms with van der Waals surface area (Å²) in [4.78, 5) is 47.3. The summed E-state index contributed by atoms with van der Waals surface area (Å²) >= 11 is 0. The Hall–Kier alpha value is -2.20. The average Bonchev–Trinajstić information content (AvgIpc) is 2.99. The summed E-state index contributed by atoms with van der Waals surface area (Å²) in [6.07, 6.45) is -2.36. The van der Waals surface area contributed by atoms with E-state index in [1.54, 1.807) is 0 Å². The van der Waals surface area contributed by atoms with Gasteiger partial charge in [0.1, 0.15) is 12.2 Å². The number of ether oxygens (including phenoxy) is 6. The second-order valence-corrected chi connectivity index (χ2v) is 7.93. The second-order valence-electron chi connectivity index (χ2n) is 7.93. The third-order valence-corrected chi connectivity index (χ3v) is 5.47. The molecule has 0 amide bonds.